The molecule has 0 amide bonds. The van der Waals surface area contributed by atoms with Crippen molar-refractivity contribution < 1.29 is 0 Å². The summed E-state index contributed by atoms with van der Waals surface area (Å²) in [4.78, 5) is 3.40. The average Bonchev–Trinajstić information content (AvgIpc) is 3.18. The van der Waals surface area contributed by atoms with Crippen molar-refractivity contribution in [2.75, 3.05) is 0 Å². The first-order chi connectivity index (χ1) is 12.7. The molecular weight excluding hydrogens is 342 g/mol. The first-order valence-electron chi connectivity index (χ1n) is 9.50. The number of aryl methyl sites for hydroxylation is 2. The normalized spacial score (nSPS) is 16.0. The van der Waals surface area contributed by atoms with Crippen LogP contribution in [0.2, 0.25) is 0 Å². The topological polar surface area (TPSA) is 61.8 Å². The van der Waals surface area contributed by atoms with E-state index in [0.717, 1.165) is 34.9 Å². The molecule has 4 rings (SSSR count). The van der Waals surface area contributed by atoms with E-state index in [-0.39, 0.29) is 0 Å². The number of hydrogen-bond donors (Lipinski definition) is 2. The lowest BCUT2D eigenvalue weighted by molar-refractivity contribution is 0.336. The standard InChI is InChI=1S/C20H25N5S/c1-14-17(16-9-5-6-10-18(16)22-14)13-21-25-19(23-24-20(25)26)12-11-15-7-3-2-4-8-15/h5-6,9-10,13,15,22H,2-4,7-8,11-12H2,1H3,(H,24,26)/b21-13+. The second kappa shape index (κ2) is 7.58. The van der Waals surface area contributed by atoms with Crippen molar-refractivity contribution in [1.29, 1.82) is 0 Å². The number of aromatic amines is 2. The third kappa shape index (κ3) is 3.51. The number of rotatable bonds is 5. The van der Waals surface area contributed by atoms with Gasteiger partial charge in [-0.2, -0.15) is 14.9 Å². The summed E-state index contributed by atoms with van der Waals surface area (Å²) in [5.41, 5.74) is 3.33. The minimum atomic E-state index is 0.553. The smallest absolute Gasteiger partial charge is 0.216 e. The Kier molecular flexibility index (Phi) is 5.02. The lowest BCUT2D eigenvalue weighted by Crippen LogP contribution is -2.09. The van der Waals surface area contributed by atoms with Crippen LogP contribution in [-0.4, -0.2) is 26.1 Å². The van der Waals surface area contributed by atoms with E-state index in [4.69, 9.17) is 12.2 Å². The van der Waals surface area contributed by atoms with Gasteiger partial charge in [0.2, 0.25) is 4.77 Å². The van der Waals surface area contributed by atoms with E-state index in [0.29, 0.717) is 4.77 Å². The number of hydrogen-bond acceptors (Lipinski definition) is 3. The molecule has 0 radical (unpaired) electrons. The molecule has 6 heteroatoms. The van der Waals surface area contributed by atoms with Crippen LogP contribution in [0.15, 0.2) is 29.4 Å². The quantitative estimate of drug-likeness (QED) is 0.485. The summed E-state index contributed by atoms with van der Waals surface area (Å²) in [6.45, 7) is 2.07. The van der Waals surface area contributed by atoms with Crippen molar-refractivity contribution in [3.05, 3.63) is 46.1 Å². The molecule has 3 aromatic rings. The van der Waals surface area contributed by atoms with Gasteiger partial charge in [0.1, 0.15) is 0 Å². The second-order valence-corrected chi connectivity index (χ2v) is 7.64. The Morgan fingerprint density at radius 1 is 1.27 bits per heavy atom. The molecular formula is C20H25N5S. The lowest BCUT2D eigenvalue weighted by atomic mass is 9.86. The van der Waals surface area contributed by atoms with E-state index < -0.39 is 0 Å². The zero-order chi connectivity index (χ0) is 17.9. The fourth-order valence-corrected chi connectivity index (χ4v) is 4.19. The van der Waals surface area contributed by atoms with Crippen LogP contribution in [-0.2, 0) is 6.42 Å². The van der Waals surface area contributed by atoms with Crippen molar-refractivity contribution in [3.63, 3.8) is 0 Å². The fraction of sp³-hybridized carbons (Fsp3) is 0.450. The minimum absolute atomic E-state index is 0.553. The van der Waals surface area contributed by atoms with E-state index >= 15 is 0 Å². The molecule has 1 aliphatic rings. The zero-order valence-corrected chi connectivity index (χ0v) is 16.0. The number of H-pyrrole nitrogens is 2. The highest BCUT2D eigenvalue weighted by Crippen LogP contribution is 2.27. The predicted molar refractivity (Wildman–Crippen MR) is 108 cm³/mol. The molecule has 1 aliphatic carbocycles. The van der Waals surface area contributed by atoms with Crippen LogP contribution in [0.3, 0.4) is 0 Å². The first kappa shape index (κ1) is 17.2. The van der Waals surface area contributed by atoms with Gasteiger partial charge < -0.3 is 4.98 Å². The Labute approximate surface area is 158 Å². The van der Waals surface area contributed by atoms with Crippen molar-refractivity contribution in [1.82, 2.24) is 19.9 Å². The highest BCUT2D eigenvalue weighted by atomic mass is 32.1. The van der Waals surface area contributed by atoms with Crippen LogP contribution in [0, 0.1) is 17.6 Å². The average molecular weight is 368 g/mol. The Hall–Kier alpha value is -2.21. The summed E-state index contributed by atoms with van der Waals surface area (Å²) in [6, 6.07) is 8.28. The van der Waals surface area contributed by atoms with Gasteiger partial charge in [0.15, 0.2) is 5.82 Å². The maximum absolute atomic E-state index is 5.39. The molecule has 2 heterocycles. The van der Waals surface area contributed by atoms with Gasteiger partial charge in [-0.1, -0.05) is 50.3 Å². The molecule has 0 bridgehead atoms. The van der Waals surface area contributed by atoms with Crippen molar-refractivity contribution in [2.24, 2.45) is 11.0 Å². The van der Waals surface area contributed by atoms with Crippen LogP contribution in [0.4, 0.5) is 0 Å². The molecule has 0 atom stereocenters. The molecule has 2 aromatic heterocycles. The summed E-state index contributed by atoms with van der Waals surface area (Å²) in [6.07, 6.45) is 10.8. The molecule has 0 saturated heterocycles. The summed E-state index contributed by atoms with van der Waals surface area (Å²) in [7, 11) is 0. The van der Waals surface area contributed by atoms with Gasteiger partial charge in [-0.15, -0.1) is 0 Å². The maximum atomic E-state index is 5.39. The largest absolute Gasteiger partial charge is 0.358 e. The van der Waals surface area contributed by atoms with Crippen LogP contribution in [0.5, 0.6) is 0 Å². The molecule has 0 unspecified atom stereocenters. The van der Waals surface area contributed by atoms with Gasteiger partial charge in [0, 0.05) is 28.6 Å². The van der Waals surface area contributed by atoms with Crippen molar-refractivity contribution in [2.45, 2.75) is 51.9 Å². The number of aromatic nitrogens is 4. The van der Waals surface area contributed by atoms with E-state index in [9.17, 15) is 0 Å². The fourth-order valence-electron chi connectivity index (χ4n) is 3.99. The van der Waals surface area contributed by atoms with Crippen LogP contribution in [0.25, 0.3) is 10.9 Å². The minimum Gasteiger partial charge on any atom is -0.358 e. The molecule has 2 N–H and O–H groups in total. The third-order valence-corrected chi connectivity index (χ3v) is 5.73. The van der Waals surface area contributed by atoms with Crippen molar-refractivity contribution >= 4 is 29.3 Å². The Balaban J connectivity index is 1.56. The molecule has 1 saturated carbocycles. The van der Waals surface area contributed by atoms with Gasteiger partial charge in [0.05, 0.1) is 6.21 Å². The number of nitrogens with zero attached hydrogens (tertiary/aromatic N) is 3. The predicted octanol–water partition coefficient (Wildman–Crippen LogP) is 5.13. The van der Waals surface area contributed by atoms with E-state index in [2.05, 4.69) is 39.3 Å². The molecule has 1 aromatic carbocycles. The molecule has 0 aliphatic heterocycles. The second-order valence-electron chi connectivity index (χ2n) is 7.25. The lowest BCUT2D eigenvalue weighted by Gasteiger charge is -2.20. The summed E-state index contributed by atoms with van der Waals surface area (Å²) in [5, 5.41) is 13.1. The maximum Gasteiger partial charge on any atom is 0.216 e. The van der Waals surface area contributed by atoms with Gasteiger partial charge >= 0.3 is 0 Å². The molecule has 1 fully saturated rings. The number of para-hydroxylation sites is 1. The van der Waals surface area contributed by atoms with E-state index in [1.807, 2.05) is 18.3 Å². The van der Waals surface area contributed by atoms with Crippen molar-refractivity contribution in [3.8, 4) is 0 Å². The Morgan fingerprint density at radius 2 is 2.08 bits per heavy atom. The molecule has 136 valence electrons. The third-order valence-electron chi connectivity index (χ3n) is 5.46. The highest BCUT2D eigenvalue weighted by Gasteiger charge is 2.15. The molecule has 0 spiro atoms. The zero-order valence-electron chi connectivity index (χ0n) is 15.2. The van der Waals surface area contributed by atoms with Crippen LogP contribution < -0.4 is 0 Å². The Morgan fingerprint density at radius 3 is 2.92 bits per heavy atom. The Bertz CT molecular complexity index is 972. The van der Waals surface area contributed by atoms with E-state index in [1.54, 1.807) is 4.68 Å². The summed E-state index contributed by atoms with van der Waals surface area (Å²) >= 11 is 5.39. The van der Waals surface area contributed by atoms with Gasteiger partial charge in [-0.3, -0.25) is 5.10 Å². The first-order valence-corrected chi connectivity index (χ1v) is 9.91. The van der Waals surface area contributed by atoms with Crippen LogP contribution in [0.1, 0.15) is 55.6 Å². The van der Waals surface area contributed by atoms with E-state index in [1.165, 1.54) is 43.9 Å². The van der Waals surface area contributed by atoms with Crippen LogP contribution >= 0.6 is 12.2 Å². The van der Waals surface area contributed by atoms with Gasteiger partial charge in [-0.25, -0.2) is 0 Å². The monoisotopic (exact) mass is 367 g/mol. The SMILES string of the molecule is Cc1[nH]c2ccccc2c1/C=N/n1c(CCC2CCCCC2)n[nH]c1=S. The van der Waals surface area contributed by atoms with Gasteiger partial charge in [-0.05, 0) is 37.5 Å². The summed E-state index contributed by atoms with van der Waals surface area (Å²) < 4.78 is 2.33. The van der Waals surface area contributed by atoms with Gasteiger partial charge in [0.25, 0.3) is 0 Å². The number of benzene rings is 1. The molecule has 26 heavy (non-hydrogen) atoms. The molecule has 5 nitrogen and oxygen atoms in total. The number of nitrogens with one attached hydrogen (secondary N) is 2. The number of fused-ring (bicyclic) bond motifs is 1. The highest BCUT2D eigenvalue weighted by molar-refractivity contribution is 7.71. The summed E-state index contributed by atoms with van der Waals surface area (Å²) in [5.74, 6) is 1.75.